The van der Waals surface area contributed by atoms with Crippen LogP contribution in [-0.4, -0.2) is 65.7 Å². The third kappa shape index (κ3) is 29.2. The van der Waals surface area contributed by atoms with Crippen LogP contribution in [0.1, 0.15) is 136 Å². The summed E-state index contributed by atoms with van der Waals surface area (Å²) in [7, 11) is -4.60. The van der Waals surface area contributed by atoms with Gasteiger partial charge in [-0.15, -0.1) is 0 Å². The van der Waals surface area contributed by atoms with Gasteiger partial charge in [0.15, 0.2) is 6.10 Å². The number of aliphatic hydroxyl groups is 2. The second-order valence-corrected chi connectivity index (χ2v) is 12.6. The zero-order chi connectivity index (χ0) is 32.7. The van der Waals surface area contributed by atoms with Gasteiger partial charge in [0.05, 0.1) is 19.8 Å². The summed E-state index contributed by atoms with van der Waals surface area (Å²) in [5, 5.41) is 18.2. The van der Waals surface area contributed by atoms with Gasteiger partial charge in [-0.25, -0.2) is 4.57 Å². The molecule has 0 aliphatic rings. The zero-order valence-electron chi connectivity index (χ0n) is 27.4. The molecule has 258 valence electrons. The molecule has 0 rings (SSSR count). The van der Waals surface area contributed by atoms with Crippen LogP contribution in [0.2, 0.25) is 0 Å². The van der Waals surface area contributed by atoms with Crippen LogP contribution >= 0.6 is 7.82 Å². The van der Waals surface area contributed by atoms with Gasteiger partial charge in [-0.1, -0.05) is 102 Å². The summed E-state index contributed by atoms with van der Waals surface area (Å²) in [5.41, 5.74) is 0. The smallest absolute Gasteiger partial charge is 0.462 e. The van der Waals surface area contributed by atoms with Crippen molar-refractivity contribution in [2.45, 2.75) is 148 Å². The molecule has 44 heavy (non-hydrogen) atoms. The second-order valence-electron chi connectivity index (χ2n) is 11.2. The van der Waals surface area contributed by atoms with E-state index in [4.69, 9.17) is 19.1 Å². The Morgan fingerprint density at radius 3 is 1.77 bits per heavy atom. The Morgan fingerprint density at radius 1 is 0.682 bits per heavy atom. The molecule has 0 spiro atoms. The molecule has 0 aliphatic heterocycles. The highest BCUT2D eigenvalue weighted by Gasteiger charge is 2.27. The summed E-state index contributed by atoms with van der Waals surface area (Å²) >= 11 is 0. The van der Waals surface area contributed by atoms with Crippen LogP contribution in [0.3, 0.4) is 0 Å². The Morgan fingerprint density at radius 2 is 1.18 bits per heavy atom. The third-order valence-electron chi connectivity index (χ3n) is 6.86. The van der Waals surface area contributed by atoms with Gasteiger partial charge in [0.1, 0.15) is 12.7 Å². The molecule has 0 radical (unpaired) electrons. The van der Waals surface area contributed by atoms with Crippen LogP contribution in [0.4, 0.5) is 0 Å². The lowest BCUT2D eigenvalue weighted by Crippen LogP contribution is -2.29. The molecule has 0 aromatic heterocycles. The van der Waals surface area contributed by atoms with Crippen LogP contribution in [0.25, 0.3) is 0 Å². The van der Waals surface area contributed by atoms with Crippen molar-refractivity contribution in [2.75, 3.05) is 26.4 Å². The maximum absolute atomic E-state index is 12.4. The van der Waals surface area contributed by atoms with Crippen molar-refractivity contribution in [2.24, 2.45) is 0 Å². The van der Waals surface area contributed by atoms with E-state index in [1.165, 1.54) is 32.1 Å². The summed E-state index contributed by atoms with van der Waals surface area (Å²) in [4.78, 5) is 34.4. The maximum Gasteiger partial charge on any atom is 0.472 e. The number of hydrogen-bond donors (Lipinski definition) is 3. The van der Waals surface area contributed by atoms with Crippen LogP contribution < -0.4 is 0 Å². The van der Waals surface area contributed by atoms with E-state index in [0.29, 0.717) is 12.8 Å². The third-order valence-corrected chi connectivity index (χ3v) is 7.81. The Labute approximate surface area is 266 Å². The van der Waals surface area contributed by atoms with E-state index in [0.717, 1.165) is 64.2 Å². The summed E-state index contributed by atoms with van der Waals surface area (Å²) < 4.78 is 32.3. The Balaban J connectivity index is 4.35. The van der Waals surface area contributed by atoms with E-state index < -0.39 is 51.8 Å². The van der Waals surface area contributed by atoms with Gasteiger partial charge in [0.2, 0.25) is 0 Å². The van der Waals surface area contributed by atoms with Crippen molar-refractivity contribution in [3.63, 3.8) is 0 Å². The maximum atomic E-state index is 12.4. The van der Waals surface area contributed by atoms with E-state index in [-0.39, 0.29) is 19.4 Å². The lowest BCUT2D eigenvalue weighted by atomic mass is 10.1. The fourth-order valence-electron chi connectivity index (χ4n) is 4.20. The number of unbranched alkanes of at least 4 members (excludes halogenated alkanes) is 13. The predicted molar refractivity (Wildman–Crippen MR) is 173 cm³/mol. The predicted octanol–water partition coefficient (Wildman–Crippen LogP) is 7.49. The molecule has 0 amide bonds. The SMILES string of the molecule is CCCCCC/C=C\C/C=C\CCCCCCCC(=O)OC(COC(=O)CCCCCCC)COP(=O)(O)OCC(O)CO. The summed E-state index contributed by atoms with van der Waals surface area (Å²) in [6, 6.07) is 0. The molecular formula is C33H61O10P. The number of carbonyl (C=O) groups excluding carboxylic acids is 2. The van der Waals surface area contributed by atoms with Gasteiger partial charge in [-0.3, -0.25) is 18.6 Å². The normalized spacial score (nSPS) is 14.6. The van der Waals surface area contributed by atoms with E-state index in [1.807, 2.05) is 0 Å². The fraction of sp³-hybridized carbons (Fsp3) is 0.818. The molecule has 10 nitrogen and oxygen atoms in total. The average molecular weight is 649 g/mol. The highest BCUT2D eigenvalue weighted by atomic mass is 31.2. The molecule has 0 saturated carbocycles. The number of carbonyl (C=O) groups is 2. The molecule has 0 saturated heterocycles. The highest BCUT2D eigenvalue weighted by molar-refractivity contribution is 7.47. The number of esters is 2. The number of rotatable bonds is 31. The second kappa shape index (κ2) is 30.1. The number of allylic oxidation sites excluding steroid dienone is 4. The fourth-order valence-corrected chi connectivity index (χ4v) is 4.99. The summed E-state index contributed by atoms with van der Waals surface area (Å²) in [6.07, 6.45) is 24.8. The first-order valence-corrected chi connectivity index (χ1v) is 18.3. The molecule has 3 atom stereocenters. The summed E-state index contributed by atoms with van der Waals surface area (Å²) in [6.45, 7) is 2.21. The number of phosphoric ester groups is 1. The average Bonchev–Trinajstić information content (AvgIpc) is 3.00. The Kier molecular flexibility index (Phi) is 29.1. The lowest BCUT2D eigenvalue weighted by Gasteiger charge is -2.20. The summed E-state index contributed by atoms with van der Waals surface area (Å²) in [5.74, 6) is -0.957. The highest BCUT2D eigenvalue weighted by Crippen LogP contribution is 2.43. The van der Waals surface area contributed by atoms with E-state index >= 15 is 0 Å². The topological polar surface area (TPSA) is 149 Å². The van der Waals surface area contributed by atoms with Crippen molar-refractivity contribution in [1.29, 1.82) is 0 Å². The van der Waals surface area contributed by atoms with Crippen LogP contribution in [0.5, 0.6) is 0 Å². The minimum absolute atomic E-state index is 0.169. The first-order chi connectivity index (χ1) is 21.2. The number of phosphoric acid groups is 1. The number of hydrogen-bond acceptors (Lipinski definition) is 9. The molecule has 3 unspecified atom stereocenters. The number of ether oxygens (including phenoxy) is 2. The monoisotopic (exact) mass is 648 g/mol. The Hall–Kier alpha value is -1.55. The van der Waals surface area contributed by atoms with Crippen molar-refractivity contribution in [1.82, 2.24) is 0 Å². The minimum Gasteiger partial charge on any atom is -0.462 e. The zero-order valence-corrected chi connectivity index (χ0v) is 28.3. The van der Waals surface area contributed by atoms with Gasteiger partial charge in [-0.05, 0) is 44.9 Å². The molecule has 0 aromatic carbocycles. The molecule has 0 aliphatic carbocycles. The molecule has 0 fully saturated rings. The standard InChI is InChI=1S/C33H61O10P/c1-3-5-7-9-10-11-12-13-14-15-16-17-18-19-21-23-25-33(37)43-31(28-40-32(36)24-22-20-8-6-4-2)29-42-44(38,39)41-27-30(35)26-34/h11-12,14-15,30-31,34-35H,3-10,13,16-29H2,1-2H3,(H,38,39)/b12-11-,15-14-. The quantitative estimate of drug-likeness (QED) is 0.0299. The minimum atomic E-state index is -4.60. The molecule has 11 heteroatoms. The van der Waals surface area contributed by atoms with E-state index in [1.54, 1.807) is 0 Å². The van der Waals surface area contributed by atoms with Crippen LogP contribution in [0, 0.1) is 0 Å². The van der Waals surface area contributed by atoms with Crippen molar-refractivity contribution in [3.05, 3.63) is 24.3 Å². The van der Waals surface area contributed by atoms with Crippen LogP contribution in [0.15, 0.2) is 24.3 Å². The van der Waals surface area contributed by atoms with Gasteiger partial charge in [0.25, 0.3) is 0 Å². The Bertz CT molecular complexity index is 801. The molecule has 0 heterocycles. The van der Waals surface area contributed by atoms with Crippen molar-refractivity contribution >= 4 is 19.8 Å². The largest absolute Gasteiger partial charge is 0.472 e. The van der Waals surface area contributed by atoms with E-state index in [2.05, 4.69) is 42.7 Å². The molecular weight excluding hydrogens is 587 g/mol. The van der Waals surface area contributed by atoms with Crippen molar-refractivity contribution < 1.29 is 47.8 Å². The first kappa shape index (κ1) is 42.5. The first-order valence-electron chi connectivity index (χ1n) is 16.8. The van der Waals surface area contributed by atoms with E-state index in [9.17, 15) is 24.2 Å². The van der Waals surface area contributed by atoms with Gasteiger partial charge >= 0.3 is 19.8 Å². The molecule has 0 aromatic rings. The van der Waals surface area contributed by atoms with Crippen molar-refractivity contribution in [3.8, 4) is 0 Å². The van der Waals surface area contributed by atoms with Crippen LogP contribution in [-0.2, 0) is 32.7 Å². The molecule has 0 bridgehead atoms. The molecule has 3 N–H and O–H groups in total. The van der Waals surface area contributed by atoms with Gasteiger partial charge < -0.3 is 24.6 Å². The van der Waals surface area contributed by atoms with Gasteiger partial charge in [-0.2, -0.15) is 0 Å². The van der Waals surface area contributed by atoms with Gasteiger partial charge in [0, 0.05) is 12.8 Å². The lowest BCUT2D eigenvalue weighted by molar-refractivity contribution is -0.161. The number of aliphatic hydroxyl groups excluding tert-OH is 2.